The number of sulfonamides is 1. The highest BCUT2D eigenvalue weighted by Gasteiger charge is 2.21. The van der Waals surface area contributed by atoms with Crippen LogP contribution in [-0.4, -0.2) is 31.0 Å². The van der Waals surface area contributed by atoms with Gasteiger partial charge in [-0.3, -0.25) is 30.0 Å². The molecule has 0 bridgehead atoms. The van der Waals surface area contributed by atoms with Crippen LogP contribution < -0.4 is 15.6 Å². The molecule has 0 aliphatic rings. The Bertz CT molecular complexity index is 1360. The van der Waals surface area contributed by atoms with Crippen LogP contribution in [0.2, 0.25) is 5.02 Å². The molecule has 172 valence electrons. The summed E-state index contributed by atoms with van der Waals surface area (Å²) >= 11 is 6.01. The number of halogens is 1. The number of hydrogen-bond acceptors (Lipinski definition) is 5. The van der Waals surface area contributed by atoms with Gasteiger partial charge in [-0.15, -0.1) is 0 Å². The van der Waals surface area contributed by atoms with E-state index in [4.69, 9.17) is 11.6 Å². The molecule has 0 saturated heterocycles. The molecule has 0 radical (unpaired) electrons. The highest BCUT2D eigenvalue weighted by atomic mass is 35.5. The first kappa shape index (κ1) is 24.0. The summed E-state index contributed by atoms with van der Waals surface area (Å²) in [4.78, 5) is 39.4. The third kappa shape index (κ3) is 5.24. The van der Waals surface area contributed by atoms with E-state index in [2.05, 4.69) is 20.6 Å². The van der Waals surface area contributed by atoms with Crippen LogP contribution in [0.5, 0.6) is 0 Å². The van der Waals surface area contributed by atoms with Crippen LogP contribution >= 0.6 is 11.6 Å². The Hall–Kier alpha value is -3.63. The largest absolute Gasteiger partial charge is 0.354 e. The summed E-state index contributed by atoms with van der Waals surface area (Å²) in [6.45, 7) is 4.69. The number of H-pyrrole nitrogens is 1. The average molecular weight is 489 g/mol. The van der Waals surface area contributed by atoms with E-state index in [1.165, 1.54) is 37.3 Å². The Labute approximate surface area is 195 Å². The lowest BCUT2D eigenvalue weighted by molar-refractivity contribution is 0.0843. The molecule has 33 heavy (non-hydrogen) atoms. The number of amides is 2. The molecule has 11 heteroatoms. The van der Waals surface area contributed by atoms with E-state index in [1.807, 2.05) is 0 Å². The van der Waals surface area contributed by atoms with Crippen molar-refractivity contribution < 1.29 is 22.8 Å². The first-order chi connectivity index (χ1) is 15.5. The Morgan fingerprint density at radius 3 is 2.24 bits per heavy atom. The molecular weight excluding hydrogens is 468 g/mol. The maximum atomic E-state index is 12.7. The number of carbonyl (C=O) groups is 3. The van der Waals surface area contributed by atoms with Crippen LogP contribution in [0.25, 0.3) is 0 Å². The molecule has 0 fully saturated rings. The molecule has 3 aromatic rings. The van der Waals surface area contributed by atoms with Crippen molar-refractivity contribution in [2.45, 2.75) is 25.7 Å². The zero-order chi connectivity index (χ0) is 24.3. The van der Waals surface area contributed by atoms with Gasteiger partial charge in [0.2, 0.25) is 0 Å². The lowest BCUT2D eigenvalue weighted by atomic mass is 10.1. The van der Waals surface area contributed by atoms with Crippen molar-refractivity contribution in [3.05, 3.63) is 81.6 Å². The number of hydrazine groups is 1. The highest BCUT2D eigenvalue weighted by Crippen LogP contribution is 2.24. The van der Waals surface area contributed by atoms with E-state index < -0.39 is 21.8 Å². The molecule has 1 aromatic heterocycles. The van der Waals surface area contributed by atoms with Gasteiger partial charge in [0.05, 0.1) is 15.6 Å². The molecule has 0 saturated carbocycles. The predicted octanol–water partition coefficient (Wildman–Crippen LogP) is 3.36. The topological polar surface area (TPSA) is 137 Å². The minimum Gasteiger partial charge on any atom is -0.354 e. The van der Waals surface area contributed by atoms with Gasteiger partial charge in [-0.2, -0.15) is 0 Å². The summed E-state index contributed by atoms with van der Waals surface area (Å²) in [7, 11) is -4.02. The monoisotopic (exact) mass is 488 g/mol. The number of rotatable bonds is 6. The second-order valence-corrected chi connectivity index (χ2v) is 9.29. The van der Waals surface area contributed by atoms with Crippen molar-refractivity contribution in [1.82, 2.24) is 15.8 Å². The summed E-state index contributed by atoms with van der Waals surface area (Å²) in [6, 6.07) is 11.6. The lowest BCUT2D eigenvalue weighted by Crippen LogP contribution is -2.42. The summed E-state index contributed by atoms with van der Waals surface area (Å²) in [6.07, 6.45) is 0. The second-order valence-electron chi connectivity index (χ2n) is 7.20. The standard InChI is InChI=1S/C22H21ClN4O5S/c1-12-19(14(3)28)13(2)24-20(12)22(30)26-25-21(29)15-7-6-8-16(11-15)33(31,32)27-18-10-5-4-9-17(18)23/h4-11,24,27H,1-3H3,(H,25,29)(H,26,30). The van der Waals surface area contributed by atoms with Gasteiger partial charge in [-0.05, 0) is 56.7 Å². The average Bonchev–Trinajstić information content (AvgIpc) is 3.07. The molecule has 2 amide bonds. The van der Waals surface area contributed by atoms with Crippen LogP contribution in [0.3, 0.4) is 0 Å². The summed E-state index contributed by atoms with van der Waals surface area (Å²) in [5.41, 5.74) is 6.25. The molecule has 3 rings (SSSR count). The zero-order valence-corrected chi connectivity index (χ0v) is 19.5. The van der Waals surface area contributed by atoms with Crippen LogP contribution in [-0.2, 0) is 10.0 Å². The summed E-state index contributed by atoms with van der Waals surface area (Å²) < 4.78 is 27.8. The van der Waals surface area contributed by atoms with Crippen molar-refractivity contribution in [2.24, 2.45) is 0 Å². The van der Waals surface area contributed by atoms with Crippen LogP contribution in [0.1, 0.15) is 49.4 Å². The zero-order valence-electron chi connectivity index (χ0n) is 17.9. The number of aromatic amines is 1. The van der Waals surface area contributed by atoms with Gasteiger partial charge >= 0.3 is 0 Å². The number of aryl methyl sites for hydroxylation is 1. The van der Waals surface area contributed by atoms with Gasteiger partial charge in [0.25, 0.3) is 21.8 Å². The Morgan fingerprint density at radius 1 is 0.939 bits per heavy atom. The molecule has 4 N–H and O–H groups in total. The number of Topliss-reactive ketones (excluding diaryl/α,β-unsaturated/α-hetero) is 1. The van der Waals surface area contributed by atoms with Crippen LogP contribution in [0.4, 0.5) is 5.69 Å². The van der Waals surface area contributed by atoms with E-state index in [0.717, 1.165) is 0 Å². The Kier molecular flexibility index (Phi) is 6.89. The van der Waals surface area contributed by atoms with E-state index >= 15 is 0 Å². The SMILES string of the molecule is CC(=O)c1c(C)[nH]c(C(=O)NNC(=O)c2cccc(S(=O)(=O)Nc3ccccc3Cl)c2)c1C. The second kappa shape index (κ2) is 9.47. The van der Waals surface area contributed by atoms with E-state index in [0.29, 0.717) is 16.8 Å². The number of carbonyl (C=O) groups excluding carboxylic acids is 3. The Morgan fingerprint density at radius 2 is 1.61 bits per heavy atom. The van der Waals surface area contributed by atoms with Crippen molar-refractivity contribution in [3.63, 3.8) is 0 Å². The third-order valence-electron chi connectivity index (χ3n) is 4.83. The molecule has 9 nitrogen and oxygen atoms in total. The number of hydrogen-bond donors (Lipinski definition) is 4. The van der Waals surface area contributed by atoms with Gasteiger partial charge in [-0.25, -0.2) is 8.42 Å². The van der Waals surface area contributed by atoms with Gasteiger partial charge in [0, 0.05) is 16.8 Å². The number of aromatic nitrogens is 1. The summed E-state index contributed by atoms with van der Waals surface area (Å²) in [5, 5.41) is 0.223. The fraction of sp³-hybridized carbons (Fsp3) is 0.136. The van der Waals surface area contributed by atoms with Gasteiger partial charge in [0.15, 0.2) is 5.78 Å². The van der Waals surface area contributed by atoms with Crippen molar-refractivity contribution in [1.29, 1.82) is 0 Å². The predicted molar refractivity (Wildman–Crippen MR) is 124 cm³/mol. The molecule has 0 aliphatic heterocycles. The van der Waals surface area contributed by atoms with Crippen molar-refractivity contribution in [2.75, 3.05) is 4.72 Å². The van der Waals surface area contributed by atoms with E-state index in [1.54, 1.807) is 32.0 Å². The fourth-order valence-electron chi connectivity index (χ4n) is 3.31. The highest BCUT2D eigenvalue weighted by molar-refractivity contribution is 7.92. The van der Waals surface area contributed by atoms with Crippen molar-refractivity contribution >= 4 is 44.9 Å². The molecule has 0 unspecified atom stereocenters. The molecule has 0 atom stereocenters. The maximum Gasteiger partial charge on any atom is 0.286 e. The molecular formula is C22H21ClN4O5S. The number of para-hydroxylation sites is 1. The number of nitrogens with one attached hydrogen (secondary N) is 4. The Balaban J connectivity index is 1.74. The smallest absolute Gasteiger partial charge is 0.286 e. The number of anilines is 1. The fourth-order valence-corrected chi connectivity index (χ4v) is 4.67. The van der Waals surface area contributed by atoms with Gasteiger partial charge in [-0.1, -0.05) is 29.8 Å². The van der Waals surface area contributed by atoms with E-state index in [-0.39, 0.29) is 32.6 Å². The minimum atomic E-state index is -4.02. The number of ketones is 1. The van der Waals surface area contributed by atoms with Crippen LogP contribution in [0.15, 0.2) is 53.4 Å². The van der Waals surface area contributed by atoms with Gasteiger partial charge in [0.1, 0.15) is 5.69 Å². The summed E-state index contributed by atoms with van der Waals surface area (Å²) in [5.74, 6) is -1.57. The molecule has 2 aromatic carbocycles. The number of benzene rings is 2. The maximum absolute atomic E-state index is 12.7. The third-order valence-corrected chi connectivity index (χ3v) is 6.52. The quantitative estimate of drug-likeness (QED) is 0.311. The van der Waals surface area contributed by atoms with Gasteiger partial charge < -0.3 is 4.98 Å². The molecule has 0 aliphatic carbocycles. The lowest BCUT2D eigenvalue weighted by Gasteiger charge is -2.11. The molecule has 0 spiro atoms. The van der Waals surface area contributed by atoms with E-state index in [9.17, 15) is 22.8 Å². The first-order valence-corrected chi connectivity index (χ1v) is 11.6. The molecule has 1 heterocycles. The first-order valence-electron chi connectivity index (χ1n) is 9.69. The minimum absolute atomic E-state index is 0.00106. The van der Waals surface area contributed by atoms with Crippen molar-refractivity contribution in [3.8, 4) is 0 Å². The normalized spacial score (nSPS) is 11.0. The van der Waals surface area contributed by atoms with Crippen LogP contribution in [0, 0.1) is 13.8 Å².